The normalized spacial score (nSPS) is 11.7. The fraction of sp³-hybridized carbons (Fsp3) is 0.182. The Hall–Kier alpha value is -2.54. The van der Waals surface area contributed by atoms with E-state index in [9.17, 15) is 9.90 Å². The lowest BCUT2D eigenvalue weighted by atomic mass is 9.98. The number of nitrogens with one attached hydrogen (secondary N) is 2. The molecule has 156 valence electrons. The summed E-state index contributed by atoms with van der Waals surface area (Å²) in [6, 6.07) is 13.5. The number of hydrogen-bond acceptors (Lipinski definition) is 4. The largest absolute Gasteiger partial charge is 0.506 e. The van der Waals surface area contributed by atoms with E-state index < -0.39 is 5.91 Å². The van der Waals surface area contributed by atoms with Crippen LogP contribution in [0.2, 0.25) is 10.0 Å². The van der Waals surface area contributed by atoms with E-state index in [0.717, 1.165) is 12.0 Å². The van der Waals surface area contributed by atoms with Crippen LogP contribution in [0.3, 0.4) is 0 Å². The Morgan fingerprint density at radius 1 is 1.13 bits per heavy atom. The van der Waals surface area contributed by atoms with E-state index in [4.69, 9.17) is 39.8 Å². The van der Waals surface area contributed by atoms with Crippen molar-refractivity contribution >= 4 is 52.1 Å². The Morgan fingerprint density at radius 2 is 1.90 bits per heavy atom. The number of hydrogen-bond donors (Lipinski definition) is 3. The maximum Gasteiger partial charge on any atom is 0.293 e. The lowest BCUT2D eigenvalue weighted by Crippen LogP contribution is -2.33. The van der Waals surface area contributed by atoms with E-state index in [0.29, 0.717) is 33.0 Å². The highest BCUT2D eigenvalue weighted by molar-refractivity contribution is 7.80. The van der Waals surface area contributed by atoms with Crippen LogP contribution in [0.4, 0.5) is 5.69 Å². The van der Waals surface area contributed by atoms with Gasteiger partial charge in [0.05, 0.1) is 15.7 Å². The molecule has 0 fully saturated rings. The number of amides is 1. The lowest BCUT2D eigenvalue weighted by Gasteiger charge is -2.14. The number of phenols is 1. The molecule has 5 nitrogen and oxygen atoms in total. The molecule has 0 bridgehead atoms. The zero-order valence-corrected chi connectivity index (χ0v) is 18.7. The molecule has 1 atom stereocenters. The van der Waals surface area contributed by atoms with Gasteiger partial charge in [-0.1, -0.05) is 43.1 Å². The number of furan rings is 1. The van der Waals surface area contributed by atoms with Crippen molar-refractivity contribution in [3.63, 3.8) is 0 Å². The van der Waals surface area contributed by atoms with Gasteiger partial charge in [0.2, 0.25) is 0 Å². The van der Waals surface area contributed by atoms with Gasteiger partial charge < -0.3 is 14.8 Å². The molecular formula is C22H20Cl2N2O3S. The number of rotatable bonds is 5. The van der Waals surface area contributed by atoms with Gasteiger partial charge in [-0.15, -0.1) is 0 Å². The minimum Gasteiger partial charge on any atom is -0.506 e. The highest BCUT2D eigenvalue weighted by Gasteiger charge is 2.15. The molecule has 0 saturated carbocycles. The van der Waals surface area contributed by atoms with Crippen molar-refractivity contribution in [2.75, 3.05) is 5.32 Å². The summed E-state index contributed by atoms with van der Waals surface area (Å²) in [4.78, 5) is 12.5. The first-order valence-electron chi connectivity index (χ1n) is 9.29. The van der Waals surface area contributed by atoms with E-state index in [1.165, 1.54) is 6.07 Å². The van der Waals surface area contributed by atoms with Crippen LogP contribution in [-0.4, -0.2) is 16.1 Å². The second-order valence-corrected chi connectivity index (χ2v) is 8.01. The van der Waals surface area contributed by atoms with Crippen LogP contribution < -0.4 is 10.6 Å². The van der Waals surface area contributed by atoms with E-state index in [-0.39, 0.29) is 16.6 Å². The maximum absolute atomic E-state index is 12.5. The molecule has 1 heterocycles. The Balaban J connectivity index is 1.69. The first-order valence-corrected chi connectivity index (χ1v) is 10.5. The van der Waals surface area contributed by atoms with Crippen LogP contribution in [0.15, 0.2) is 52.9 Å². The molecule has 0 aliphatic heterocycles. The number of thiocarbonyl (C=S) groups is 1. The molecule has 2 aromatic carbocycles. The molecule has 0 aliphatic carbocycles. The summed E-state index contributed by atoms with van der Waals surface area (Å²) < 4.78 is 5.62. The van der Waals surface area contributed by atoms with E-state index in [1.54, 1.807) is 30.3 Å². The van der Waals surface area contributed by atoms with Gasteiger partial charge in [0.25, 0.3) is 5.91 Å². The van der Waals surface area contributed by atoms with Gasteiger partial charge in [-0.3, -0.25) is 10.1 Å². The molecule has 0 saturated heterocycles. The smallest absolute Gasteiger partial charge is 0.293 e. The van der Waals surface area contributed by atoms with E-state index in [1.807, 2.05) is 12.1 Å². The summed E-state index contributed by atoms with van der Waals surface area (Å²) in [5.74, 6) is 0.404. The van der Waals surface area contributed by atoms with Crippen molar-refractivity contribution in [1.82, 2.24) is 5.32 Å². The van der Waals surface area contributed by atoms with Gasteiger partial charge in [-0.05, 0) is 72.6 Å². The number of carbonyl (C=O) groups is 1. The summed E-state index contributed by atoms with van der Waals surface area (Å²) in [5, 5.41) is 16.4. The second kappa shape index (κ2) is 9.51. The standard InChI is InChI=1S/C22H20Cl2N2O3S/c1-3-12(2)13-5-7-18(27)17(11-13)25-22(30)26-21(28)20-9-8-19(29-20)14-4-6-15(23)16(24)10-14/h4-12,27H,3H2,1-2H3,(H2,25,26,28,30)/t12-/m1/s1. The Bertz CT molecular complexity index is 1100. The summed E-state index contributed by atoms with van der Waals surface area (Å²) >= 11 is 17.2. The van der Waals surface area contributed by atoms with Gasteiger partial charge in [0, 0.05) is 5.56 Å². The maximum atomic E-state index is 12.5. The van der Waals surface area contributed by atoms with Crippen LogP contribution in [0.1, 0.15) is 42.3 Å². The third kappa shape index (κ3) is 5.14. The zero-order chi connectivity index (χ0) is 21.8. The number of benzene rings is 2. The summed E-state index contributed by atoms with van der Waals surface area (Å²) in [6.45, 7) is 4.18. The van der Waals surface area contributed by atoms with Crippen LogP contribution in [-0.2, 0) is 0 Å². The summed E-state index contributed by atoms with van der Waals surface area (Å²) in [6.07, 6.45) is 0.963. The third-order valence-electron chi connectivity index (χ3n) is 4.71. The van der Waals surface area contributed by atoms with E-state index >= 15 is 0 Å². The fourth-order valence-electron chi connectivity index (χ4n) is 2.78. The molecule has 8 heteroatoms. The Morgan fingerprint density at radius 3 is 2.60 bits per heavy atom. The molecular weight excluding hydrogens is 443 g/mol. The molecule has 0 unspecified atom stereocenters. The SMILES string of the molecule is CC[C@@H](C)c1ccc(O)c(NC(=S)NC(=O)c2ccc(-c3ccc(Cl)c(Cl)c3)o2)c1. The zero-order valence-electron chi connectivity index (χ0n) is 16.3. The van der Waals surface area contributed by atoms with E-state index in [2.05, 4.69) is 24.5 Å². The van der Waals surface area contributed by atoms with Crippen molar-refractivity contribution in [3.05, 3.63) is 69.9 Å². The van der Waals surface area contributed by atoms with Crippen molar-refractivity contribution in [1.29, 1.82) is 0 Å². The highest BCUT2D eigenvalue weighted by atomic mass is 35.5. The van der Waals surface area contributed by atoms with Crippen LogP contribution >= 0.6 is 35.4 Å². The van der Waals surface area contributed by atoms with Crippen LogP contribution in [0.5, 0.6) is 5.75 Å². The molecule has 0 spiro atoms. The predicted molar refractivity (Wildman–Crippen MR) is 125 cm³/mol. The van der Waals surface area contributed by atoms with Crippen molar-refractivity contribution in [2.45, 2.75) is 26.2 Å². The predicted octanol–water partition coefficient (Wildman–Crippen LogP) is 6.60. The van der Waals surface area contributed by atoms with Gasteiger partial charge in [-0.2, -0.15) is 0 Å². The molecule has 3 N–H and O–H groups in total. The monoisotopic (exact) mass is 462 g/mol. The van der Waals surface area contributed by atoms with Crippen LogP contribution in [0, 0.1) is 0 Å². The first kappa shape index (κ1) is 22.2. The van der Waals surface area contributed by atoms with Crippen molar-refractivity contribution in [3.8, 4) is 17.1 Å². The van der Waals surface area contributed by atoms with Crippen LogP contribution in [0.25, 0.3) is 11.3 Å². The van der Waals surface area contributed by atoms with Gasteiger partial charge in [0.15, 0.2) is 10.9 Å². The van der Waals surface area contributed by atoms with Gasteiger partial charge in [0.1, 0.15) is 11.5 Å². The second-order valence-electron chi connectivity index (χ2n) is 6.79. The van der Waals surface area contributed by atoms with Gasteiger partial charge in [-0.25, -0.2) is 0 Å². The topological polar surface area (TPSA) is 74.5 Å². The number of anilines is 1. The van der Waals surface area contributed by atoms with Crippen molar-refractivity contribution in [2.24, 2.45) is 0 Å². The third-order valence-corrected chi connectivity index (χ3v) is 5.65. The fourth-order valence-corrected chi connectivity index (χ4v) is 3.28. The number of aromatic hydroxyl groups is 1. The summed E-state index contributed by atoms with van der Waals surface area (Å²) in [7, 11) is 0. The van der Waals surface area contributed by atoms with Gasteiger partial charge >= 0.3 is 0 Å². The molecule has 1 aromatic heterocycles. The molecule has 0 radical (unpaired) electrons. The molecule has 3 aromatic rings. The number of phenolic OH excluding ortho intramolecular Hbond substituents is 1. The minimum absolute atomic E-state index is 0.0403. The molecule has 1 amide bonds. The average Bonchev–Trinajstić information content (AvgIpc) is 3.21. The lowest BCUT2D eigenvalue weighted by molar-refractivity contribution is 0.0951. The Kier molecular flexibility index (Phi) is 7.02. The average molecular weight is 463 g/mol. The molecule has 0 aliphatic rings. The number of halogens is 2. The first-order chi connectivity index (χ1) is 14.3. The number of carbonyl (C=O) groups excluding carboxylic acids is 1. The summed E-state index contributed by atoms with van der Waals surface area (Å²) in [5.41, 5.74) is 2.18. The quantitative estimate of drug-likeness (QED) is 0.294. The minimum atomic E-state index is -0.517. The molecule has 3 rings (SSSR count). The van der Waals surface area contributed by atoms with Crippen molar-refractivity contribution < 1.29 is 14.3 Å². The Labute approximate surface area is 190 Å². The molecule has 30 heavy (non-hydrogen) atoms. The highest BCUT2D eigenvalue weighted by Crippen LogP contribution is 2.30.